The third-order valence-electron chi connectivity index (χ3n) is 7.40. The van der Waals surface area contributed by atoms with Crippen LogP contribution in [0.25, 0.3) is 0 Å². The Labute approximate surface area is 144 Å². The van der Waals surface area contributed by atoms with Crippen LogP contribution in [0.1, 0.15) is 51.4 Å². The zero-order chi connectivity index (χ0) is 16.1. The summed E-state index contributed by atoms with van der Waals surface area (Å²) < 4.78 is 2.04. The molecule has 5 aliphatic rings. The lowest BCUT2D eigenvalue weighted by atomic mass is 9.49. The molecule has 0 aromatic carbocycles. The normalized spacial score (nSPS) is 38.7. The molecule has 4 aliphatic carbocycles. The minimum Gasteiger partial charge on any atom is -0.342 e. The van der Waals surface area contributed by atoms with Gasteiger partial charge in [-0.2, -0.15) is 5.10 Å². The van der Waals surface area contributed by atoms with Gasteiger partial charge in [-0.1, -0.05) is 0 Å². The first-order chi connectivity index (χ1) is 11.7. The number of carbonyl (C=O) groups is 1. The summed E-state index contributed by atoms with van der Waals surface area (Å²) in [5.41, 5.74) is 0.0452. The summed E-state index contributed by atoms with van der Waals surface area (Å²) in [6.45, 7) is 2.94. The number of carbonyl (C=O) groups excluding carboxylic acids is 1. The summed E-state index contributed by atoms with van der Waals surface area (Å²) in [7, 11) is 0. The van der Waals surface area contributed by atoms with Crippen molar-refractivity contribution in [3.8, 4) is 0 Å². The van der Waals surface area contributed by atoms with E-state index in [1.165, 1.54) is 38.5 Å². The first kappa shape index (κ1) is 15.0. The highest BCUT2D eigenvalue weighted by Crippen LogP contribution is 2.60. The average molecular weight is 327 g/mol. The van der Waals surface area contributed by atoms with E-state index >= 15 is 0 Å². The van der Waals surface area contributed by atoms with Crippen molar-refractivity contribution in [2.45, 2.75) is 57.9 Å². The van der Waals surface area contributed by atoms with Gasteiger partial charge in [0.1, 0.15) is 0 Å². The summed E-state index contributed by atoms with van der Waals surface area (Å²) in [6.07, 6.45) is 14.0. The van der Waals surface area contributed by atoms with Crippen LogP contribution in [-0.4, -0.2) is 33.7 Å². The maximum absolute atomic E-state index is 13.4. The number of amides is 1. The van der Waals surface area contributed by atoms with Crippen molar-refractivity contribution in [3.05, 3.63) is 18.5 Å². The van der Waals surface area contributed by atoms with E-state index < -0.39 is 0 Å². The molecule has 4 bridgehead atoms. The predicted molar refractivity (Wildman–Crippen MR) is 92.1 cm³/mol. The van der Waals surface area contributed by atoms with Gasteiger partial charge in [0.2, 0.25) is 5.91 Å². The van der Waals surface area contributed by atoms with Crippen LogP contribution in [0, 0.1) is 29.1 Å². The smallest absolute Gasteiger partial charge is 0.228 e. The maximum atomic E-state index is 13.4. The third-order valence-corrected chi connectivity index (χ3v) is 7.40. The molecular formula is C20H29N3O. The topological polar surface area (TPSA) is 38.1 Å². The molecular weight excluding hydrogens is 298 g/mol. The van der Waals surface area contributed by atoms with Crippen LogP contribution in [0.4, 0.5) is 0 Å². The zero-order valence-electron chi connectivity index (χ0n) is 14.6. The molecule has 0 radical (unpaired) electrons. The summed E-state index contributed by atoms with van der Waals surface area (Å²) in [5, 5.41) is 4.33. The fourth-order valence-electron chi connectivity index (χ4n) is 6.70. The molecule has 1 aromatic rings. The van der Waals surface area contributed by atoms with Gasteiger partial charge >= 0.3 is 0 Å². The minimum absolute atomic E-state index is 0.0452. The third kappa shape index (κ3) is 2.49. The number of hydrogen-bond acceptors (Lipinski definition) is 2. The van der Waals surface area contributed by atoms with Gasteiger partial charge in [-0.3, -0.25) is 9.48 Å². The predicted octanol–water partition coefficient (Wildman–Crippen LogP) is 3.34. The van der Waals surface area contributed by atoms with Crippen LogP contribution in [0.15, 0.2) is 18.5 Å². The van der Waals surface area contributed by atoms with E-state index in [0.717, 1.165) is 50.2 Å². The molecule has 6 rings (SSSR count). The minimum atomic E-state index is 0.0452. The number of nitrogens with zero attached hydrogens (tertiary/aromatic N) is 3. The quantitative estimate of drug-likeness (QED) is 0.854. The fourth-order valence-corrected chi connectivity index (χ4v) is 6.70. The SMILES string of the molecule is O=C(N1CCC(Cn2cccn2)CC1)C12CC3CC(CC(C3)C1)C2. The Kier molecular flexibility index (Phi) is 3.50. The van der Waals surface area contributed by atoms with E-state index in [1.807, 2.05) is 23.1 Å². The zero-order valence-corrected chi connectivity index (χ0v) is 14.6. The summed E-state index contributed by atoms with van der Waals surface area (Å²) in [6, 6.07) is 1.99. The Morgan fingerprint density at radius 1 is 1.04 bits per heavy atom. The van der Waals surface area contributed by atoms with E-state index in [0.29, 0.717) is 11.8 Å². The molecule has 1 aromatic heterocycles. The van der Waals surface area contributed by atoms with Crippen molar-refractivity contribution in [1.29, 1.82) is 0 Å². The highest BCUT2D eigenvalue weighted by atomic mass is 16.2. The maximum Gasteiger partial charge on any atom is 0.228 e. The highest BCUT2D eigenvalue weighted by molar-refractivity contribution is 5.83. The second kappa shape index (κ2) is 5.60. The standard InChI is InChI=1S/C20H29N3O/c24-19(20-11-16-8-17(12-20)10-18(9-16)13-20)22-6-2-15(3-7-22)14-23-5-1-4-21-23/h1,4-5,15-18H,2-3,6-14H2. The van der Waals surface area contributed by atoms with E-state index in [4.69, 9.17) is 0 Å². The van der Waals surface area contributed by atoms with Crippen LogP contribution >= 0.6 is 0 Å². The van der Waals surface area contributed by atoms with E-state index in [2.05, 4.69) is 10.00 Å². The largest absolute Gasteiger partial charge is 0.342 e. The van der Waals surface area contributed by atoms with Gasteiger partial charge in [-0.15, -0.1) is 0 Å². The summed E-state index contributed by atoms with van der Waals surface area (Å²) in [4.78, 5) is 15.6. The van der Waals surface area contributed by atoms with Crippen molar-refractivity contribution in [2.24, 2.45) is 29.1 Å². The molecule has 0 unspecified atom stereocenters. The number of aromatic nitrogens is 2. The van der Waals surface area contributed by atoms with Gasteiger partial charge in [0.05, 0.1) is 5.41 Å². The molecule has 0 spiro atoms. The lowest BCUT2D eigenvalue weighted by molar-refractivity contribution is -0.159. The van der Waals surface area contributed by atoms with Gasteiger partial charge in [0.15, 0.2) is 0 Å². The van der Waals surface area contributed by atoms with Crippen molar-refractivity contribution in [1.82, 2.24) is 14.7 Å². The molecule has 1 aliphatic heterocycles. The van der Waals surface area contributed by atoms with Gasteiger partial charge in [0, 0.05) is 32.0 Å². The van der Waals surface area contributed by atoms with Gasteiger partial charge in [0.25, 0.3) is 0 Å². The van der Waals surface area contributed by atoms with Crippen LogP contribution in [0.5, 0.6) is 0 Å². The summed E-state index contributed by atoms with van der Waals surface area (Å²) in [5.74, 6) is 3.78. The molecule has 2 heterocycles. The molecule has 4 nitrogen and oxygen atoms in total. The fraction of sp³-hybridized carbons (Fsp3) is 0.800. The first-order valence-electron chi connectivity index (χ1n) is 9.97. The first-order valence-corrected chi connectivity index (χ1v) is 9.97. The molecule has 1 saturated heterocycles. The monoisotopic (exact) mass is 327 g/mol. The molecule has 130 valence electrons. The van der Waals surface area contributed by atoms with E-state index in [9.17, 15) is 4.79 Å². The Morgan fingerprint density at radius 3 is 2.21 bits per heavy atom. The van der Waals surface area contributed by atoms with Crippen molar-refractivity contribution >= 4 is 5.91 Å². The Morgan fingerprint density at radius 2 is 1.67 bits per heavy atom. The van der Waals surface area contributed by atoms with E-state index in [1.54, 1.807) is 0 Å². The van der Waals surface area contributed by atoms with Gasteiger partial charge in [-0.05, 0) is 81.1 Å². The molecule has 0 atom stereocenters. The average Bonchev–Trinajstić information content (AvgIpc) is 3.07. The Balaban J connectivity index is 1.23. The number of piperidine rings is 1. The lowest BCUT2D eigenvalue weighted by Gasteiger charge is -2.57. The molecule has 4 saturated carbocycles. The number of likely N-dealkylation sites (tertiary alicyclic amines) is 1. The molecule has 1 amide bonds. The van der Waals surface area contributed by atoms with Crippen LogP contribution < -0.4 is 0 Å². The van der Waals surface area contributed by atoms with Crippen molar-refractivity contribution < 1.29 is 4.79 Å². The number of hydrogen-bond donors (Lipinski definition) is 0. The summed E-state index contributed by atoms with van der Waals surface area (Å²) >= 11 is 0. The molecule has 0 N–H and O–H groups in total. The molecule has 4 heteroatoms. The second-order valence-corrected chi connectivity index (χ2v) is 9.16. The molecule has 24 heavy (non-hydrogen) atoms. The number of rotatable bonds is 3. The van der Waals surface area contributed by atoms with E-state index in [-0.39, 0.29) is 5.41 Å². The highest BCUT2D eigenvalue weighted by Gasteiger charge is 2.55. The van der Waals surface area contributed by atoms with Crippen molar-refractivity contribution in [3.63, 3.8) is 0 Å². The van der Waals surface area contributed by atoms with Gasteiger partial charge < -0.3 is 4.90 Å². The molecule has 5 fully saturated rings. The van der Waals surface area contributed by atoms with Crippen LogP contribution in [0.3, 0.4) is 0 Å². The van der Waals surface area contributed by atoms with Crippen LogP contribution in [0.2, 0.25) is 0 Å². The lowest BCUT2D eigenvalue weighted by Crippen LogP contribution is -2.55. The Bertz CT molecular complexity index is 565. The van der Waals surface area contributed by atoms with Crippen molar-refractivity contribution in [2.75, 3.05) is 13.1 Å². The Hall–Kier alpha value is -1.32. The second-order valence-electron chi connectivity index (χ2n) is 9.16. The van der Waals surface area contributed by atoms with Crippen LogP contribution in [-0.2, 0) is 11.3 Å². The van der Waals surface area contributed by atoms with Gasteiger partial charge in [-0.25, -0.2) is 0 Å².